The van der Waals surface area contributed by atoms with E-state index < -0.39 is 0 Å². The zero-order valence-electron chi connectivity index (χ0n) is 7.88. The standard InChI is InChI=1S/C11H8N4/c12-6-9-7-14-11(15-10(9)13)8-4-2-1-3-5-8/h1-5,7H,(H2,13,14,15). The van der Waals surface area contributed by atoms with E-state index in [1.165, 1.54) is 6.20 Å². The Balaban J connectivity index is 2.49. The number of hydrogen-bond donors (Lipinski definition) is 1. The monoisotopic (exact) mass is 196 g/mol. The topological polar surface area (TPSA) is 75.6 Å². The van der Waals surface area contributed by atoms with Gasteiger partial charge in [0.15, 0.2) is 5.82 Å². The zero-order valence-corrected chi connectivity index (χ0v) is 7.88. The van der Waals surface area contributed by atoms with Gasteiger partial charge in [-0.05, 0) is 0 Å². The van der Waals surface area contributed by atoms with Gasteiger partial charge in [-0.3, -0.25) is 0 Å². The second-order valence-electron chi connectivity index (χ2n) is 2.97. The summed E-state index contributed by atoms with van der Waals surface area (Å²) in [6.07, 6.45) is 1.44. The van der Waals surface area contributed by atoms with E-state index in [0.29, 0.717) is 11.4 Å². The van der Waals surface area contributed by atoms with E-state index in [4.69, 9.17) is 11.0 Å². The number of anilines is 1. The Labute approximate surface area is 87.0 Å². The zero-order chi connectivity index (χ0) is 10.7. The van der Waals surface area contributed by atoms with Crippen LogP contribution in [0.15, 0.2) is 36.5 Å². The maximum atomic E-state index is 8.67. The fourth-order valence-corrected chi connectivity index (χ4v) is 1.21. The van der Waals surface area contributed by atoms with Crippen molar-refractivity contribution in [3.63, 3.8) is 0 Å². The summed E-state index contributed by atoms with van der Waals surface area (Å²) in [6, 6.07) is 11.4. The van der Waals surface area contributed by atoms with Crippen LogP contribution in [0.1, 0.15) is 5.56 Å². The first-order valence-corrected chi connectivity index (χ1v) is 4.39. The van der Waals surface area contributed by atoms with Crippen molar-refractivity contribution in [3.05, 3.63) is 42.1 Å². The third-order valence-electron chi connectivity index (χ3n) is 1.97. The summed E-state index contributed by atoms with van der Waals surface area (Å²) in [7, 11) is 0. The van der Waals surface area contributed by atoms with Crippen molar-refractivity contribution in [2.45, 2.75) is 0 Å². The van der Waals surface area contributed by atoms with E-state index in [1.54, 1.807) is 0 Å². The largest absolute Gasteiger partial charge is 0.382 e. The predicted molar refractivity (Wildman–Crippen MR) is 56.6 cm³/mol. The SMILES string of the molecule is N#Cc1cnc(-c2ccccc2)nc1N. The molecule has 2 rings (SSSR count). The van der Waals surface area contributed by atoms with Crippen LogP contribution in [0.5, 0.6) is 0 Å². The minimum atomic E-state index is 0.214. The van der Waals surface area contributed by atoms with E-state index in [-0.39, 0.29) is 5.82 Å². The van der Waals surface area contributed by atoms with Gasteiger partial charge in [0, 0.05) is 5.56 Å². The van der Waals surface area contributed by atoms with Crippen LogP contribution in [0.2, 0.25) is 0 Å². The molecule has 0 saturated carbocycles. The summed E-state index contributed by atoms with van der Waals surface area (Å²) in [4.78, 5) is 8.13. The lowest BCUT2D eigenvalue weighted by atomic mass is 10.2. The number of nitrogen functional groups attached to an aromatic ring is 1. The molecule has 0 fully saturated rings. The van der Waals surface area contributed by atoms with Gasteiger partial charge in [0.1, 0.15) is 17.5 Å². The van der Waals surface area contributed by atoms with Crippen molar-refractivity contribution >= 4 is 5.82 Å². The third-order valence-corrected chi connectivity index (χ3v) is 1.97. The Kier molecular flexibility index (Phi) is 2.30. The molecule has 1 aromatic carbocycles. The second-order valence-corrected chi connectivity index (χ2v) is 2.97. The molecule has 0 radical (unpaired) electrons. The quantitative estimate of drug-likeness (QED) is 0.751. The Morgan fingerprint density at radius 3 is 2.53 bits per heavy atom. The fourth-order valence-electron chi connectivity index (χ4n) is 1.21. The summed E-state index contributed by atoms with van der Waals surface area (Å²) in [6.45, 7) is 0. The summed E-state index contributed by atoms with van der Waals surface area (Å²) < 4.78 is 0. The molecule has 0 saturated heterocycles. The van der Waals surface area contributed by atoms with Gasteiger partial charge in [0.2, 0.25) is 0 Å². The lowest BCUT2D eigenvalue weighted by molar-refractivity contribution is 1.17. The molecule has 1 aromatic heterocycles. The van der Waals surface area contributed by atoms with Crippen molar-refractivity contribution in [2.24, 2.45) is 0 Å². The highest BCUT2D eigenvalue weighted by Crippen LogP contribution is 2.16. The van der Waals surface area contributed by atoms with E-state index in [9.17, 15) is 0 Å². The van der Waals surface area contributed by atoms with Crippen LogP contribution in [0, 0.1) is 11.3 Å². The van der Waals surface area contributed by atoms with Gasteiger partial charge in [0.05, 0.1) is 6.20 Å². The van der Waals surface area contributed by atoms with Crippen molar-refractivity contribution in [1.29, 1.82) is 5.26 Å². The number of nitriles is 1. The lowest BCUT2D eigenvalue weighted by Gasteiger charge is -2.01. The highest BCUT2D eigenvalue weighted by molar-refractivity contribution is 5.58. The van der Waals surface area contributed by atoms with Gasteiger partial charge in [-0.25, -0.2) is 9.97 Å². The molecule has 0 amide bonds. The highest BCUT2D eigenvalue weighted by Gasteiger charge is 2.04. The molecule has 0 unspecified atom stereocenters. The minimum absolute atomic E-state index is 0.214. The average molecular weight is 196 g/mol. The molecule has 0 aliphatic heterocycles. The van der Waals surface area contributed by atoms with Crippen molar-refractivity contribution < 1.29 is 0 Å². The Bertz CT molecular complexity index is 514. The van der Waals surface area contributed by atoms with Gasteiger partial charge in [0.25, 0.3) is 0 Å². The number of nitrogens with two attached hydrogens (primary N) is 1. The van der Waals surface area contributed by atoms with Crippen LogP contribution in [0.25, 0.3) is 11.4 Å². The van der Waals surface area contributed by atoms with Crippen LogP contribution in [-0.4, -0.2) is 9.97 Å². The van der Waals surface area contributed by atoms with Crippen LogP contribution < -0.4 is 5.73 Å². The number of rotatable bonds is 1. The van der Waals surface area contributed by atoms with Crippen LogP contribution in [0.4, 0.5) is 5.82 Å². The molecule has 0 aliphatic rings. The number of aromatic nitrogens is 2. The summed E-state index contributed by atoms with van der Waals surface area (Å²) in [5.41, 5.74) is 6.78. The molecule has 0 spiro atoms. The Hall–Kier alpha value is -2.41. The second kappa shape index (κ2) is 3.76. The highest BCUT2D eigenvalue weighted by atomic mass is 14.9. The molecule has 2 N–H and O–H groups in total. The number of nitrogens with zero attached hydrogens (tertiary/aromatic N) is 3. The first kappa shape index (κ1) is 9.16. The van der Waals surface area contributed by atoms with E-state index >= 15 is 0 Å². The summed E-state index contributed by atoms with van der Waals surface area (Å²) in [5.74, 6) is 0.749. The summed E-state index contributed by atoms with van der Waals surface area (Å²) in [5, 5.41) is 8.67. The molecular formula is C11H8N4. The average Bonchev–Trinajstić information content (AvgIpc) is 2.30. The number of hydrogen-bond acceptors (Lipinski definition) is 4. The normalized spacial score (nSPS) is 9.53. The van der Waals surface area contributed by atoms with Crippen molar-refractivity contribution in [1.82, 2.24) is 9.97 Å². The van der Waals surface area contributed by atoms with Gasteiger partial charge in [-0.1, -0.05) is 30.3 Å². The van der Waals surface area contributed by atoms with Crippen LogP contribution in [0.3, 0.4) is 0 Å². The molecule has 4 nitrogen and oxygen atoms in total. The fraction of sp³-hybridized carbons (Fsp3) is 0. The van der Waals surface area contributed by atoms with E-state index in [2.05, 4.69) is 9.97 Å². The third kappa shape index (κ3) is 1.76. The molecule has 0 aliphatic carbocycles. The maximum Gasteiger partial charge on any atom is 0.161 e. The Morgan fingerprint density at radius 2 is 1.93 bits per heavy atom. The first-order chi connectivity index (χ1) is 7.31. The molecular weight excluding hydrogens is 188 g/mol. The smallest absolute Gasteiger partial charge is 0.161 e. The van der Waals surface area contributed by atoms with Gasteiger partial charge < -0.3 is 5.73 Å². The van der Waals surface area contributed by atoms with Crippen LogP contribution >= 0.6 is 0 Å². The predicted octanol–water partition coefficient (Wildman–Crippen LogP) is 1.60. The van der Waals surface area contributed by atoms with E-state index in [0.717, 1.165) is 5.56 Å². The van der Waals surface area contributed by atoms with Gasteiger partial charge in [-0.15, -0.1) is 0 Å². The van der Waals surface area contributed by atoms with Gasteiger partial charge in [-0.2, -0.15) is 5.26 Å². The summed E-state index contributed by atoms with van der Waals surface area (Å²) >= 11 is 0. The van der Waals surface area contributed by atoms with E-state index in [1.807, 2.05) is 36.4 Å². The lowest BCUT2D eigenvalue weighted by Crippen LogP contribution is -1.98. The maximum absolute atomic E-state index is 8.67. The molecule has 1 heterocycles. The molecule has 72 valence electrons. The molecule has 4 heteroatoms. The molecule has 0 atom stereocenters. The minimum Gasteiger partial charge on any atom is -0.382 e. The molecule has 0 bridgehead atoms. The van der Waals surface area contributed by atoms with Crippen LogP contribution in [-0.2, 0) is 0 Å². The molecule has 2 aromatic rings. The first-order valence-electron chi connectivity index (χ1n) is 4.39. The Morgan fingerprint density at radius 1 is 1.20 bits per heavy atom. The van der Waals surface area contributed by atoms with Gasteiger partial charge >= 0.3 is 0 Å². The molecule has 15 heavy (non-hydrogen) atoms. The van der Waals surface area contributed by atoms with Crippen molar-refractivity contribution in [3.8, 4) is 17.5 Å². The number of benzene rings is 1. The van der Waals surface area contributed by atoms with Crippen molar-refractivity contribution in [2.75, 3.05) is 5.73 Å².